The predicted molar refractivity (Wildman–Crippen MR) is 106 cm³/mol. The summed E-state index contributed by atoms with van der Waals surface area (Å²) in [6.45, 7) is 6.93. The Kier molecular flexibility index (Phi) is 3.89. The van der Waals surface area contributed by atoms with Crippen molar-refractivity contribution in [2.24, 2.45) is 16.7 Å². The highest BCUT2D eigenvalue weighted by molar-refractivity contribution is 9.10. The lowest BCUT2D eigenvalue weighted by Gasteiger charge is -2.40. The number of nitrogens with zero attached hydrogens (tertiary/aromatic N) is 1. The molecule has 2 saturated carbocycles. The van der Waals surface area contributed by atoms with E-state index in [1.807, 2.05) is 30.3 Å². The number of halogens is 1. The largest absolute Gasteiger partial charge is 0.465 e. The van der Waals surface area contributed by atoms with Crippen molar-refractivity contribution in [1.29, 1.82) is 0 Å². The van der Waals surface area contributed by atoms with Gasteiger partial charge in [0.1, 0.15) is 6.10 Å². The number of amides is 1. The zero-order chi connectivity index (χ0) is 18.0. The molecule has 1 saturated heterocycles. The minimum Gasteiger partial charge on any atom is -0.465 e. The van der Waals surface area contributed by atoms with Gasteiger partial charge in [-0.25, -0.2) is 0 Å². The topological polar surface area (TPSA) is 29.5 Å². The highest BCUT2D eigenvalue weighted by Gasteiger charge is 2.72. The van der Waals surface area contributed by atoms with Gasteiger partial charge in [0.15, 0.2) is 0 Å². The summed E-state index contributed by atoms with van der Waals surface area (Å²) in [5.74, 6) is 0.388. The van der Waals surface area contributed by atoms with Crippen LogP contribution in [-0.2, 0) is 9.53 Å². The average Bonchev–Trinajstić information content (AvgIpc) is 3.07. The van der Waals surface area contributed by atoms with Crippen LogP contribution in [0.25, 0.3) is 6.08 Å². The van der Waals surface area contributed by atoms with Gasteiger partial charge < -0.3 is 4.74 Å². The van der Waals surface area contributed by atoms with Crippen LogP contribution < -0.4 is 0 Å². The van der Waals surface area contributed by atoms with E-state index in [-0.39, 0.29) is 28.9 Å². The molecule has 1 aliphatic heterocycles. The number of hydrogen-bond acceptors (Lipinski definition) is 3. The van der Waals surface area contributed by atoms with Crippen LogP contribution in [0.1, 0.15) is 39.2 Å². The van der Waals surface area contributed by atoms with Gasteiger partial charge in [-0.05, 0) is 59.7 Å². The fraction of sp³-hybridized carbons (Fsp3) is 0.500. The number of ether oxygens (including phenoxy) is 1. The summed E-state index contributed by atoms with van der Waals surface area (Å²) in [4.78, 5) is 14.7. The third kappa shape index (κ3) is 2.35. The fourth-order valence-corrected chi connectivity index (χ4v) is 5.74. The highest BCUT2D eigenvalue weighted by atomic mass is 79.9. The molecule has 4 rings (SSSR count). The van der Waals surface area contributed by atoms with Crippen LogP contribution in [0.4, 0.5) is 0 Å². The first-order valence-electron chi connectivity index (χ1n) is 8.73. The van der Waals surface area contributed by atoms with Crippen molar-refractivity contribution in [3.63, 3.8) is 0 Å². The summed E-state index contributed by atoms with van der Waals surface area (Å²) < 4.78 is 7.04. The minimum absolute atomic E-state index is 0.0456. The number of thiocarbonyl (C=S) groups is 1. The highest BCUT2D eigenvalue weighted by Crippen LogP contribution is 2.68. The van der Waals surface area contributed by atoms with Gasteiger partial charge in [-0.1, -0.05) is 48.8 Å². The van der Waals surface area contributed by atoms with Crippen molar-refractivity contribution < 1.29 is 9.53 Å². The van der Waals surface area contributed by atoms with Crippen molar-refractivity contribution >= 4 is 45.3 Å². The molecule has 1 heterocycles. The molecule has 132 valence electrons. The number of fused-ring (bicyclic) bond motifs is 5. The summed E-state index contributed by atoms with van der Waals surface area (Å²) in [5, 5.41) is 0.342. The summed E-state index contributed by atoms with van der Waals surface area (Å²) in [6, 6.07) is 7.91. The zero-order valence-electron chi connectivity index (χ0n) is 14.7. The molecule has 4 atom stereocenters. The molecule has 0 aromatic heterocycles. The van der Waals surface area contributed by atoms with Crippen LogP contribution in [0.2, 0.25) is 0 Å². The van der Waals surface area contributed by atoms with Gasteiger partial charge in [0.25, 0.3) is 11.1 Å². The molecule has 5 heteroatoms. The molecular weight excluding hydrogens is 398 g/mol. The molecule has 3 nitrogen and oxygen atoms in total. The standard InChI is InChI=1S/C20H22BrNO2S/c1-19(2)14-10-11-20(19,3)17-16(14)24-18(25)22(17)15(23)9-6-12-4-7-13(21)8-5-12/h4-9,14,16-17H,10-11H2,1-3H3/b9-6+/t14?,16-,17-,20+/m1/s1. The maximum Gasteiger partial charge on any atom is 0.267 e. The van der Waals surface area contributed by atoms with E-state index < -0.39 is 0 Å². The SMILES string of the molecule is CC1(C)C2CC[C@@]1(C)[C@H]1[C@@H]2OC(=S)N1C(=O)/C=C/c1ccc(Br)cc1. The van der Waals surface area contributed by atoms with Crippen LogP contribution in [0, 0.1) is 16.7 Å². The van der Waals surface area contributed by atoms with E-state index in [0.717, 1.165) is 22.9 Å². The number of hydrogen-bond donors (Lipinski definition) is 0. The van der Waals surface area contributed by atoms with Gasteiger partial charge in [-0.3, -0.25) is 9.69 Å². The van der Waals surface area contributed by atoms with Crippen LogP contribution >= 0.6 is 28.1 Å². The molecule has 1 unspecified atom stereocenters. The van der Waals surface area contributed by atoms with Crippen LogP contribution in [0.3, 0.4) is 0 Å². The third-order valence-corrected chi connectivity index (χ3v) is 7.79. The first-order valence-corrected chi connectivity index (χ1v) is 9.93. The molecular formula is C20H22BrNO2S. The molecule has 1 aromatic carbocycles. The lowest BCUT2D eigenvalue weighted by Crippen LogP contribution is -2.49. The lowest BCUT2D eigenvalue weighted by molar-refractivity contribution is -0.125. The Morgan fingerprint density at radius 2 is 2.00 bits per heavy atom. The monoisotopic (exact) mass is 419 g/mol. The van der Waals surface area contributed by atoms with Crippen molar-refractivity contribution in [1.82, 2.24) is 4.90 Å². The second-order valence-electron chi connectivity index (χ2n) is 8.17. The first kappa shape index (κ1) is 17.2. The second-order valence-corrected chi connectivity index (χ2v) is 9.44. The van der Waals surface area contributed by atoms with E-state index in [4.69, 9.17) is 17.0 Å². The minimum atomic E-state index is -0.0787. The average molecular weight is 420 g/mol. The Hall–Kier alpha value is -1.20. The van der Waals surface area contributed by atoms with Gasteiger partial charge in [0.2, 0.25) is 0 Å². The summed E-state index contributed by atoms with van der Waals surface area (Å²) >= 11 is 8.84. The number of carbonyl (C=O) groups is 1. The van der Waals surface area contributed by atoms with Crippen molar-refractivity contribution in [2.75, 3.05) is 0 Å². The smallest absolute Gasteiger partial charge is 0.267 e. The van der Waals surface area contributed by atoms with E-state index in [2.05, 4.69) is 36.7 Å². The number of rotatable bonds is 2. The summed E-state index contributed by atoms with van der Waals surface area (Å²) in [5.41, 5.74) is 1.19. The van der Waals surface area contributed by atoms with Crippen molar-refractivity contribution in [3.8, 4) is 0 Å². The normalized spacial score (nSPS) is 35.3. The lowest BCUT2D eigenvalue weighted by atomic mass is 9.69. The molecule has 2 aliphatic carbocycles. The summed E-state index contributed by atoms with van der Waals surface area (Å²) in [6.07, 6.45) is 5.78. The molecule has 3 aliphatic rings. The molecule has 1 aromatic rings. The Bertz CT molecular complexity index is 772. The van der Waals surface area contributed by atoms with E-state index in [1.165, 1.54) is 0 Å². The Morgan fingerprint density at radius 1 is 1.32 bits per heavy atom. The van der Waals surface area contributed by atoms with Crippen LogP contribution in [-0.4, -0.2) is 28.1 Å². The zero-order valence-corrected chi connectivity index (χ0v) is 17.1. The van der Waals surface area contributed by atoms with E-state index in [0.29, 0.717) is 11.1 Å². The second kappa shape index (κ2) is 5.65. The van der Waals surface area contributed by atoms with E-state index in [9.17, 15) is 4.79 Å². The Morgan fingerprint density at radius 3 is 2.68 bits per heavy atom. The molecule has 0 spiro atoms. The maximum absolute atomic E-state index is 12.9. The maximum atomic E-state index is 12.9. The fourth-order valence-electron chi connectivity index (χ4n) is 5.16. The quantitative estimate of drug-likeness (QED) is 0.509. The number of benzene rings is 1. The molecule has 0 radical (unpaired) electrons. The molecule has 25 heavy (non-hydrogen) atoms. The molecule has 3 fully saturated rings. The van der Waals surface area contributed by atoms with Crippen molar-refractivity contribution in [3.05, 3.63) is 40.4 Å². The number of carbonyl (C=O) groups excluding carboxylic acids is 1. The molecule has 1 amide bonds. The first-order chi connectivity index (χ1) is 11.8. The van der Waals surface area contributed by atoms with Gasteiger partial charge in [0.05, 0.1) is 6.04 Å². The third-order valence-electron chi connectivity index (χ3n) is 6.97. The Labute approximate surface area is 162 Å². The van der Waals surface area contributed by atoms with Gasteiger partial charge in [0, 0.05) is 16.5 Å². The van der Waals surface area contributed by atoms with Crippen LogP contribution in [0.15, 0.2) is 34.8 Å². The molecule has 2 bridgehead atoms. The predicted octanol–water partition coefficient (Wildman–Crippen LogP) is 4.80. The van der Waals surface area contributed by atoms with Gasteiger partial charge in [-0.2, -0.15) is 0 Å². The van der Waals surface area contributed by atoms with Gasteiger partial charge in [-0.15, -0.1) is 0 Å². The van der Waals surface area contributed by atoms with E-state index in [1.54, 1.807) is 11.0 Å². The molecule has 0 N–H and O–H groups in total. The van der Waals surface area contributed by atoms with Crippen LogP contribution in [0.5, 0.6) is 0 Å². The van der Waals surface area contributed by atoms with Gasteiger partial charge >= 0.3 is 0 Å². The summed E-state index contributed by atoms with van der Waals surface area (Å²) in [7, 11) is 0. The Balaban J connectivity index is 1.61. The van der Waals surface area contributed by atoms with Crippen molar-refractivity contribution in [2.45, 2.75) is 45.8 Å². The van der Waals surface area contributed by atoms with E-state index >= 15 is 0 Å².